The van der Waals surface area contributed by atoms with Crippen molar-refractivity contribution in [3.8, 4) is 0 Å². The summed E-state index contributed by atoms with van der Waals surface area (Å²) in [7, 11) is 0. The summed E-state index contributed by atoms with van der Waals surface area (Å²) in [5.41, 5.74) is 0. The number of hydrogen-bond donors (Lipinski definition) is 1. The fourth-order valence-corrected chi connectivity index (χ4v) is 2.62. The Labute approximate surface area is 123 Å². The largest absolute Gasteiger partial charge is 0.481 e. The Morgan fingerprint density at radius 3 is 2.57 bits per heavy atom. The molecular weight excluding hydrogens is 276 g/mol. The van der Waals surface area contributed by atoms with Crippen molar-refractivity contribution >= 4 is 18.0 Å². The molecule has 1 heterocycles. The van der Waals surface area contributed by atoms with E-state index in [1.54, 1.807) is 11.8 Å². The first kappa shape index (κ1) is 15.6. The topological polar surface area (TPSA) is 87.2 Å². The third-order valence-electron chi connectivity index (χ3n) is 3.88. The highest BCUT2D eigenvalue weighted by molar-refractivity contribution is 5.82. The van der Waals surface area contributed by atoms with Gasteiger partial charge in [-0.1, -0.05) is 0 Å². The standard InChI is InChI=1S/C14H22N2O5/c1-2-21-12(17)9-16(11-5-6-11)14(20)15-7-3-4-10(8-15)13(18)19/h10-11H,2-9H2,1H3,(H,18,19)/t10-/m0/s1. The summed E-state index contributed by atoms with van der Waals surface area (Å²) in [5, 5.41) is 9.09. The molecule has 0 radical (unpaired) electrons. The molecule has 1 N–H and O–H groups in total. The summed E-state index contributed by atoms with van der Waals surface area (Å²) in [5.74, 6) is -1.79. The molecule has 0 unspecified atom stereocenters. The predicted molar refractivity (Wildman–Crippen MR) is 73.7 cm³/mol. The fraction of sp³-hybridized carbons (Fsp3) is 0.786. The minimum Gasteiger partial charge on any atom is -0.481 e. The van der Waals surface area contributed by atoms with E-state index in [0.717, 1.165) is 12.8 Å². The fourth-order valence-electron chi connectivity index (χ4n) is 2.62. The quantitative estimate of drug-likeness (QED) is 0.763. The molecule has 2 fully saturated rings. The Hall–Kier alpha value is -1.79. The second kappa shape index (κ2) is 6.78. The van der Waals surface area contributed by atoms with E-state index >= 15 is 0 Å². The summed E-state index contributed by atoms with van der Waals surface area (Å²) < 4.78 is 4.90. The number of hydrogen-bond acceptors (Lipinski definition) is 4. The molecule has 2 aliphatic rings. The summed E-state index contributed by atoms with van der Waals surface area (Å²) in [4.78, 5) is 38.3. The molecule has 1 saturated heterocycles. The van der Waals surface area contributed by atoms with Gasteiger partial charge in [-0.2, -0.15) is 0 Å². The third kappa shape index (κ3) is 4.09. The summed E-state index contributed by atoms with van der Waals surface area (Å²) in [6.45, 7) is 2.74. The molecular formula is C14H22N2O5. The Balaban J connectivity index is 1.97. The van der Waals surface area contributed by atoms with Gasteiger partial charge < -0.3 is 19.6 Å². The zero-order chi connectivity index (χ0) is 15.4. The van der Waals surface area contributed by atoms with Gasteiger partial charge in [0.25, 0.3) is 0 Å². The van der Waals surface area contributed by atoms with Crippen LogP contribution in [-0.2, 0) is 14.3 Å². The lowest BCUT2D eigenvalue weighted by atomic mass is 9.98. The van der Waals surface area contributed by atoms with Crippen molar-refractivity contribution in [1.29, 1.82) is 0 Å². The van der Waals surface area contributed by atoms with Crippen LogP contribution in [0.3, 0.4) is 0 Å². The van der Waals surface area contributed by atoms with E-state index in [4.69, 9.17) is 9.84 Å². The van der Waals surface area contributed by atoms with Crippen LogP contribution < -0.4 is 0 Å². The third-order valence-corrected chi connectivity index (χ3v) is 3.88. The summed E-state index contributed by atoms with van der Waals surface area (Å²) >= 11 is 0. The van der Waals surface area contributed by atoms with Crippen LogP contribution in [0.1, 0.15) is 32.6 Å². The molecule has 21 heavy (non-hydrogen) atoms. The second-order valence-electron chi connectivity index (χ2n) is 5.57. The van der Waals surface area contributed by atoms with Gasteiger partial charge in [-0.15, -0.1) is 0 Å². The second-order valence-corrected chi connectivity index (χ2v) is 5.57. The van der Waals surface area contributed by atoms with Crippen molar-refractivity contribution in [2.75, 3.05) is 26.2 Å². The zero-order valence-electron chi connectivity index (χ0n) is 12.3. The number of carbonyl (C=O) groups excluding carboxylic acids is 2. The van der Waals surface area contributed by atoms with Crippen molar-refractivity contribution in [1.82, 2.24) is 9.80 Å². The molecule has 118 valence electrons. The maximum Gasteiger partial charge on any atom is 0.325 e. The first-order valence-electron chi connectivity index (χ1n) is 7.47. The molecule has 1 saturated carbocycles. The van der Waals surface area contributed by atoms with Crippen LogP contribution in [0.4, 0.5) is 4.79 Å². The molecule has 0 aromatic carbocycles. The number of esters is 1. The van der Waals surface area contributed by atoms with Crippen LogP contribution in [0.15, 0.2) is 0 Å². The lowest BCUT2D eigenvalue weighted by molar-refractivity contribution is -0.145. The Bertz CT molecular complexity index is 422. The number of carboxylic acids is 1. The highest BCUT2D eigenvalue weighted by Gasteiger charge is 2.38. The molecule has 1 aliphatic carbocycles. The normalized spacial score (nSPS) is 21.8. The zero-order valence-corrected chi connectivity index (χ0v) is 12.3. The molecule has 0 aromatic rings. The number of urea groups is 1. The van der Waals surface area contributed by atoms with Crippen LogP contribution in [-0.4, -0.2) is 65.2 Å². The van der Waals surface area contributed by atoms with Crippen molar-refractivity contribution in [2.24, 2.45) is 5.92 Å². The number of carboxylic acid groups (broad SMARTS) is 1. The van der Waals surface area contributed by atoms with E-state index in [1.807, 2.05) is 0 Å². The van der Waals surface area contributed by atoms with Crippen LogP contribution in [0.5, 0.6) is 0 Å². The molecule has 1 aliphatic heterocycles. The monoisotopic (exact) mass is 298 g/mol. The minimum atomic E-state index is -0.865. The van der Waals surface area contributed by atoms with Crippen molar-refractivity contribution in [2.45, 2.75) is 38.6 Å². The van der Waals surface area contributed by atoms with Crippen LogP contribution in [0.25, 0.3) is 0 Å². The molecule has 0 bridgehead atoms. The minimum absolute atomic E-state index is 0.0500. The number of piperidine rings is 1. The molecule has 7 heteroatoms. The van der Waals surface area contributed by atoms with E-state index in [-0.39, 0.29) is 31.8 Å². The summed E-state index contributed by atoms with van der Waals surface area (Å²) in [6, 6.07) is -0.149. The number of carbonyl (C=O) groups is 3. The van der Waals surface area contributed by atoms with Gasteiger partial charge in [0.15, 0.2) is 0 Å². The van der Waals surface area contributed by atoms with Gasteiger partial charge >= 0.3 is 18.0 Å². The van der Waals surface area contributed by atoms with Gasteiger partial charge in [0.1, 0.15) is 6.54 Å². The highest BCUT2D eigenvalue weighted by atomic mass is 16.5. The first-order chi connectivity index (χ1) is 10.0. The van der Waals surface area contributed by atoms with Crippen molar-refractivity contribution in [3.05, 3.63) is 0 Å². The number of nitrogens with zero attached hydrogens (tertiary/aromatic N) is 2. The highest BCUT2D eigenvalue weighted by Crippen LogP contribution is 2.29. The average molecular weight is 298 g/mol. The van der Waals surface area contributed by atoms with Crippen LogP contribution >= 0.6 is 0 Å². The summed E-state index contributed by atoms with van der Waals surface area (Å²) in [6.07, 6.45) is 3.06. The van der Waals surface area contributed by atoms with Crippen LogP contribution in [0.2, 0.25) is 0 Å². The molecule has 7 nitrogen and oxygen atoms in total. The van der Waals surface area contributed by atoms with Crippen LogP contribution in [0, 0.1) is 5.92 Å². The number of likely N-dealkylation sites (tertiary alicyclic amines) is 1. The Kier molecular flexibility index (Phi) is 5.03. The van der Waals surface area contributed by atoms with Gasteiger partial charge in [-0.25, -0.2) is 4.79 Å². The maximum absolute atomic E-state index is 12.5. The number of amides is 2. The van der Waals surface area contributed by atoms with E-state index < -0.39 is 17.9 Å². The molecule has 0 spiro atoms. The van der Waals surface area contributed by atoms with Crippen molar-refractivity contribution in [3.63, 3.8) is 0 Å². The molecule has 2 rings (SSSR count). The van der Waals surface area contributed by atoms with Gasteiger partial charge in [-0.3, -0.25) is 9.59 Å². The Morgan fingerprint density at radius 1 is 1.29 bits per heavy atom. The number of ether oxygens (including phenoxy) is 1. The number of aliphatic carboxylic acids is 1. The Morgan fingerprint density at radius 2 is 2.00 bits per heavy atom. The average Bonchev–Trinajstić information content (AvgIpc) is 3.29. The van der Waals surface area contributed by atoms with E-state index in [1.165, 1.54) is 4.90 Å². The predicted octanol–water partition coefficient (Wildman–Crippen LogP) is 0.930. The number of rotatable bonds is 5. The van der Waals surface area contributed by atoms with Gasteiger partial charge in [-0.05, 0) is 32.6 Å². The van der Waals surface area contributed by atoms with E-state index in [9.17, 15) is 14.4 Å². The maximum atomic E-state index is 12.5. The van der Waals surface area contributed by atoms with Gasteiger partial charge in [0.2, 0.25) is 0 Å². The lowest BCUT2D eigenvalue weighted by Crippen LogP contribution is -2.51. The lowest BCUT2D eigenvalue weighted by Gasteiger charge is -2.35. The molecule has 2 amide bonds. The molecule has 0 aromatic heterocycles. The molecule has 1 atom stereocenters. The van der Waals surface area contributed by atoms with Crippen molar-refractivity contribution < 1.29 is 24.2 Å². The van der Waals surface area contributed by atoms with E-state index in [0.29, 0.717) is 19.4 Å². The van der Waals surface area contributed by atoms with E-state index in [2.05, 4.69) is 0 Å². The SMILES string of the molecule is CCOC(=O)CN(C(=O)N1CCC[C@H](C(=O)O)C1)C1CC1. The first-order valence-corrected chi connectivity index (χ1v) is 7.47. The van der Waals surface area contributed by atoms with Gasteiger partial charge in [0.05, 0.1) is 12.5 Å². The van der Waals surface area contributed by atoms with Gasteiger partial charge in [0, 0.05) is 19.1 Å². The smallest absolute Gasteiger partial charge is 0.325 e.